The lowest BCUT2D eigenvalue weighted by Gasteiger charge is -2.07. The van der Waals surface area contributed by atoms with E-state index in [0.717, 1.165) is 5.56 Å². The Kier molecular flexibility index (Phi) is 2.76. The zero-order valence-corrected chi connectivity index (χ0v) is 9.05. The molecule has 1 rings (SSSR count). The van der Waals surface area contributed by atoms with Gasteiger partial charge in [-0.1, -0.05) is 5.92 Å². The number of hydrogen-bond donors (Lipinski definition) is 1. The summed E-state index contributed by atoms with van der Waals surface area (Å²) in [6, 6.07) is 0. The van der Waals surface area contributed by atoms with E-state index >= 15 is 0 Å². The van der Waals surface area contributed by atoms with E-state index < -0.39 is 0 Å². The molecule has 0 aliphatic rings. The number of rotatable bonds is 0. The summed E-state index contributed by atoms with van der Waals surface area (Å²) < 4.78 is 0. The van der Waals surface area contributed by atoms with Crippen LogP contribution in [0.4, 0.5) is 5.95 Å². The zero-order chi connectivity index (χ0) is 10.8. The fourth-order valence-electron chi connectivity index (χ4n) is 0.829. The Morgan fingerprint density at radius 2 is 2.00 bits per heavy atom. The van der Waals surface area contributed by atoms with Crippen molar-refractivity contribution >= 4 is 5.95 Å². The van der Waals surface area contributed by atoms with Gasteiger partial charge in [-0.25, -0.2) is 9.97 Å². The summed E-state index contributed by atoms with van der Waals surface area (Å²) in [5, 5.41) is 0. The Morgan fingerprint density at radius 1 is 1.36 bits per heavy atom. The van der Waals surface area contributed by atoms with Gasteiger partial charge in [-0.2, -0.15) is 0 Å². The SMILES string of the molecule is Cc1cnc(N)nc1C#CC(C)(C)C. The van der Waals surface area contributed by atoms with Crippen molar-refractivity contribution < 1.29 is 0 Å². The Hall–Kier alpha value is -1.56. The van der Waals surface area contributed by atoms with Gasteiger partial charge in [0.2, 0.25) is 5.95 Å². The fourth-order valence-corrected chi connectivity index (χ4v) is 0.829. The first kappa shape index (κ1) is 10.5. The monoisotopic (exact) mass is 189 g/mol. The van der Waals surface area contributed by atoms with Crippen molar-refractivity contribution in [2.45, 2.75) is 27.7 Å². The summed E-state index contributed by atoms with van der Waals surface area (Å²) in [7, 11) is 0. The number of anilines is 1. The molecule has 1 heterocycles. The van der Waals surface area contributed by atoms with Crippen LogP contribution in [0.3, 0.4) is 0 Å². The van der Waals surface area contributed by atoms with Crippen LogP contribution in [-0.2, 0) is 0 Å². The third-order valence-corrected chi connectivity index (χ3v) is 1.55. The minimum Gasteiger partial charge on any atom is -0.368 e. The molecule has 0 fully saturated rings. The number of aryl methyl sites for hydroxylation is 1. The van der Waals surface area contributed by atoms with E-state index in [1.807, 2.05) is 6.92 Å². The first-order valence-corrected chi connectivity index (χ1v) is 4.51. The Morgan fingerprint density at radius 3 is 2.57 bits per heavy atom. The third-order valence-electron chi connectivity index (χ3n) is 1.55. The Bertz CT molecular complexity index is 391. The quantitative estimate of drug-likeness (QED) is 0.633. The highest BCUT2D eigenvalue weighted by molar-refractivity contribution is 5.37. The van der Waals surface area contributed by atoms with Gasteiger partial charge in [0, 0.05) is 17.2 Å². The molecule has 0 aliphatic carbocycles. The van der Waals surface area contributed by atoms with Crippen molar-refractivity contribution in [3.8, 4) is 11.8 Å². The van der Waals surface area contributed by atoms with Crippen LogP contribution in [0.15, 0.2) is 6.20 Å². The van der Waals surface area contributed by atoms with Gasteiger partial charge < -0.3 is 5.73 Å². The number of nitrogens with two attached hydrogens (primary N) is 1. The van der Waals surface area contributed by atoms with E-state index in [2.05, 4.69) is 42.6 Å². The molecular formula is C11H15N3. The number of nitrogen functional groups attached to an aromatic ring is 1. The van der Waals surface area contributed by atoms with Gasteiger partial charge in [0.05, 0.1) is 0 Å². The lowest BCUT2D eigenvalue weighted by molar-refractivity contribution is 0.571. The molecule has 0 saturated carbocycles. The van der Waals surface area contributed by atoms with Crippen LogP contribution < -0.4 is 5.73 Å². The smallest absolute Gasteiger partial charge is 0.221 e. The highest BCUT2D eigenvalue weighted by Gasteiger charge is 2.04. The maximum Gasteiger partial charge on any atom is 0.221 e. The first-order chi connectivity index (χ1) is 6.38. The van der Waals surface area contributed by atoms with Crippen LogP contribution >= 0.6 is 0 Å². The zero-order valence-electron chi connectivity index (χ0n) is 9.05. The summed E-state index contributed by atoms with van der Waals surface area (Å²) in [5.74, 6) is 6.40. The average Bonchev–Trinajstić information content (AvgIpc) is 2.05. The van der Waals surface area contributed by atoms with E-state index in [0.29, 0.717) is 5.69 Å². The van der Waals surface area contributed by atoms with Gasteiger partial charge in [0.25, 0.3) is 0 Å². The highest BCUT2D eigenvalue weighted by atomic mass is 15.0. The van der Waals surface area contributed by atoms with Gasteiger partial charge in [-0.05, 0) is 33.6 Å². The van der Waals surface area contributed by atoms with E-state index in [1.165, 1.54) is 0 Å². The molecule has 3 heteroatoms. The van der Waals surface area contributed by atoms with Gasteiger partial charge >= 0.3 is 0 Å². The molecule has 0 atom stereocenters. The summed E-state index contributed by atoms with van der Waals surface area (Å²) in [4.78, 5) is 7.95. The van der Waals surface area contributed by atoms with Gasteiger partial charge in [0.1, 0.15) is 5.69 Å². The fraction of sp³-hybridized carbons (Fsp3) is 0.455. The van der Waals surface area contributed by atoms with Crippen molar-refractivity contribution in [3.05, 3.63) is 17.5 Å². The normalized spacial score (nSPS) is 10.6. The number of aromatic nitrogens is 2. The molecular weight excluding hydrogens is 174 g/mol. The summed E-state index contributed by atoms with van der Waals surface area (Å²) in [6.07, 6.45) is 1.69. The van der Waals surface area contributed by atoms with Crippen molar-refractivity contribution in [2.75, 3.05) is 5.73 Å². The number of nitrogens with zero attached hydrogens (tertiary/aromatic N) is 2. The molecule has 0 aromatic carbocycles. The second kappa shape index (κ2) is 3.67. The average molecular weight is 189 g/mol. The van der Waals surface area contributed by atoms with Gasteiger partial charge in [-0.15, -0.1) is 0 Å². The van der Waals surface area contributed by atoms with Crippen LogP contribution in [0.2, 0.25) is 0 Å². The molecule has 0 radical (unpaired) electrons. The van der Waals surface area contributed by atoms with Crippen molar-refractivity contribution in [1.29, 1.82) is 0 Å². The molecule has 74 valence electrons. The standard InChI is InChI=1S/C11H15N3/c1-8-7-13-10(12)14-9(8)5-6-11(2,3)4/h7H,1-4H3,(H2,12,13,14). The lowest BCUT2D eigenvalue weighted by Crippen LogP contribution is -2.02. The summed E-state index contributed by atoms with van der Waals surface area (Å²) in [5.41, 5.74) is 7.12. The molecule has 2 N–H and O–H groups in total. The molecule has 0 saturated heterocycles. The second-order valence-electron chi connectivity index (χ2n) is 4.26. The van der Waals surface area contributed by atoms with Gasteiger partial charge in [-0.3, -0.25) is 0 Å². The van der Waals surface area contributed by atoms with Gasteiger partial charge in [0.15, 0.2) is 0 Å². The predicted octanol–water partition coefficient (Wildman–Crippen LogP) is 1.76. The molecule has 0 amide bonds. The Balaban J connectivity index is 3.06. The molecule has 0 aliphatic heterocycles. The molecule has 1 aromatic heterocycles. The molecule has 1 aromatic rings. The van der Waals surface area contributed by atoms with E-state index in [1.54, 1.807) is 6.20 Å². The van der Waals surface area contributed by atoms with Crippen LogP contribution in [0, 0.1) is 24.2 Å². The van der Waals surface area contributed by atoms with Crippen molar-refractivity contribution in [2.24, 2.45) is 5.41 Å². The third kappa shape index (κ3) is 3.06. The van der Waals surface area contributed by atoms with Crippen LogP contribution in [0.5, 0.6) is 0 Å². The topological polar surface area (TPSA) is 51.8 Å². The maximum absolute atomic E-state index is 5.48. The summed E-state index contributed by atoms with van der Waals surface area (Å²) in [6.45, 7) is 8.09. The van der Waals surface area contributed by atoms with Crippen LogP contribution in [-0.4, -0.2) is 9.97 Å². The van der Waals surface area contributed by atoms with E-state index in [4.69, 9.17) is 5.73 Å². The minimum absolute atomic E-state index is 0.0217. The van der Waals surface area contributed by atoms with E-state index in [-0.39, 0.29) is 11.4 Å². The molecule has 0 unspecified atom stereocenters. The van der Waals surface area contributed by atoms with Crippen molar-refractivity contribution in [3.63, 3.8) is 0 Å². The molecule has 0 bridgehead atoms. The van der Waals surface area contributed by atoms with Crippen LogP contribution in [0.25, 0.3) is 0 Å². The maximum atomic E-state index is 5.48. The second-order valence-corrected chi connectivity index (χ2v) is 4.26. The predicted molar refractivity (Wildman–Crippen MR) is 57.5 cm³/mol. The largest absolute Gasteiger partial charge is 0.368 e. The summed E-state index contributed by atoms with van der Waals surface area (Å²) >= 11 is 0. The number of hydrogen-bond acceptors (Lipinski definition) is 3. The highest BCUT2D eigenvalue weighted by Crippen LogP contribution is 2.11. The first-order valence-electron chi connectivity index (χ1n) is 4.51. The Labute approximate surface area is 84.8 Å². The van der Waals surface area contributed by atoms with Crippen molar-refractivity contribution in [1.82, 2.24) is 9.97 Å². The molecule has 3 nitrogen and oxygen atoms in total. The molecule has 0 spiro atoms. The minimum atomic E-state index is -0.0217. The molecule has 14 heavy (non-hydrogen) atoms. The lowest BCUT2D eigenvalue weighted by atomic mass is 9.98. The van der Waals surface area contributed by atoms with E-state index in [9.17, 15) is 0 Å². The van der Waals surface area contributed by atoms with Crippen LogP contribution in [0.1, 0.15) is 32.0 Å².